The monoisotopic (exact) mass is 335 g/mol. The molecule has 1 atom stereocenters. The molecule has 1 amide bonds. The average Bonchev–Trinajstić information content (AvgIpc) is 2.79. The molecule has 0 saturated carbocycles. The third-order valence-corrected chi connectivity index (χ3v) is 3.73. The fraction of sp³-hybridized carbons (Fsp3) is 0.333. The van der Waals surface area contributed by atoms with Crippen molar-refractivity contribution in [1.82, 2.24) is 14.7 Å². The Kier molecular flexibility index (Phi) is 4.60. The molecule has 0 fully saturated rings. The number of halogens is 1. The molecule has 0 aliphatic carbocycles. The van der Waals surface area contributed by atoms with Gasteiger partial charge in [0.05, 0.1) is 12.2 Å². The molecule has 1 heterocycles. The van der Waals surface area contributed by atoms with E-state index in [1.54, 1.807) is 19.0 Å². The molecule has 0 bridgehead atoms. The molecular weight excluding hydrogens is 318 g/mol. The van der Waals surface area contributed by atoms with Crippen molar-refractivity contribution in [3.05, 3.63) is 42.1 Å². The fourth-order valence-corrected chi connectivity index (χ4v) is 2.72. The second-order valence-corrected chi connectivity index (χ2v) is 6.05. The van der Waals surface area contributed by atoms with Crippen LogP contribution in [0.4, 0.5) is 0 Å². The number of amides is 1. The van der Waals surface area contributed by atoms with Crippen LogP contribution in [0.5, 0.6) is 0 Å². The number of carbonyl (C=O) groups is 1. The number of alkyl halides is 1. The van der Waals surface area contributed by atoms with Crippen LogP contribution in [0.15, 0.2) is 36.5 Å². The zero-order chi connectivity index (χ0) is 14.7. The molecule has 5 heteroatoms. The first-order valence-electron chi connectivity index (χ1n) is 6.43. The number of benzene rings is 1. The Bertz CT molecular complexity index is 592. The summed E-state index contributed by atoms with van der Waals surface area (Å²) >= 11 is 3.42. The summed E-state index contributed by atoms with van der Waals surface area (Å²) in [7, 11) is 3.50. The van der Waals surface area contributed by atoms with Crippen molar-refractivity contribution in [2.24, 2.45) is 0 Å². The SMILES string of the molecule is Cc1cn(CC(Br)C(=O)N(C)C)nc1-c1ccccc1. The largest absolute Gasteiger partial charge is 0.348 e. The van der Waals surface area contributed by atoms with Crippen molar-refractivity contribution in [3.63, 3.8) is 0 Å². The lowest BCUT2D eigenvalue weighted by atomic mass is 10.1. The topological polar surface area (TPSA) is 38.1 Å². The van der Waals surface area contributed by atoms with Crippen molar-refractivity contribution in [1.29, 1.82) is 0 Å². The second kappa shape index (κ2) is 6.22. The van der Waals surface area contributed by atoms with Gasteiger partial charge in [-0.2, -0.15) is 5.10 Å². The van der Waals surface area contributed by atoms with E-state index >= 15 is 0 Å². The van der Waals surface area contributed by atoms with Gasteiger partial charge < -0.3 is 4.90 Å². The predicted octanol–water partition coefficient (Wildman–Crippen LogP) is 2.71. The summed E-state index contributed by atoms with van der Waals surface area (Å²) in [5.74, 6) is 0.0411. The van der Waals surface area contributed by atoms with Crippen molar-refractivity contribution >= 4 is 21.8 Å². The van der Waals surface area contributed by atoms with Crippen LogP contribution >= 0.6 is 15.9 Å². The highest BCUT2D eigenvalue weighted by molar-refractivity contribution is 9.10. The van der Waals surface area contributed by atoms with E-state index in [4.69, 9.17) is 0 Å². The van der Waals surface area contributed by atoms with Crippen molar-refractivity contribution in [2.45, 2.75) is 18.3 Å². The Balaban J connectivity index is 2.18. The maximum absolute atomic E-state index is 11.8. The van der Waals surface area contributed by atoms with Crippen molar-refractivity contribution in [2.75, 3.05) is 14.1 Å². The number of nitrogens with zero attached hydrogens (tertiary/aromatic N) is 3. The number of hydrogen-bond acceptors (Lipinski definition) is 2. The fourth-order valence-electron chi connectivity index (χ4n) is 2.02. The summed E-state index contributed by atoms with van der Waals surface area (Å²) in [6.45, 7) is 2.55. The first-order chi connectivity index (χ1) is 9.49. The van der Waals surface area contributed by atoms with Gasteiger partial charge in [-0.3, -0.25) is 9.48 Å². The third-order valence-electron chi connectivity index (χ3n) is 3.05. The Labute approximate surface area is 127 Å². The molecule has 0 saturated heterocycles. The number of rotatable bonds is 4. The van der Waals surface area contributed by atoms with Gasteiger partial charge in [-0.05, 0) is 12.5 Å². The highest BCUT2D eigenvalue weighted by atomic mass is 79.9. The zero-order valence-electron chi connectivity index (χ0n) is 11.9. The van der Waals surface area contributed by atoms with E-state index in [9.17, 15) is 4.79 Å². The first-order valence-corrected chi connectivity index (χ1v) is 7.35. The molecule has 0 N–H and O–H groups in total. The number of hydrogen-bond donors (Lipinski definition) is 0. The highest BCUT2D eigenvalue weighted by Gasteiger charge is 2.18. The molecule has 2 aromatic rings. The molecule has 0 aliphatic rings. The quantitative estimate of drug-likeness (QED) is 0.805. The van der Waals surface area contributed by atoms with Crippen LogP contribution < -0.4 is 0 Å². The summed E-state index contributed by atoms with van der Waals surface area (Å²) in [5.41, 5.74) is 3.16. The lowest BCUT2D eigenvalue weighted by Crippen LogP contribution is -2.32. The molecule has 20 heavy (non-hydrogen) atoms. The summed E-state index contributed by atoms with van der Waals surface area (Å²) in [5, 5.41) is 4.58. The summed E-state index contributed by atoms with van der Waals surface area (Å²) < 4.78 is 1.82. The standard InChI is InChI=1S/C15H18BrN3O/c1-11-9-19(10-13(16)15(20)18(2)3)17-14(11)12-7-5-4-6-8-12/h4-9,13H,10H2,1-3H3. The minimum Gasteiger partial charge on any atom is -0.348 e. The molecule has 4 nitrogen and oxygen atoms in total. The van der Waals surface area contributed by atoms with Crippen LogP contribution in [0, 0.1) is 6.92 Å². The first kappa shape index (κ1) is 14.8. The minimum absolute atomic E-state index is 0.0411. The molecular formula is C15H18BrN3O. The maximum Gasteiger partial charge on any atom is 0.237 e. The zero-order valence-corrected chi connectivity index (χ0v) is 13.5. The van der Waals surface area contributed by atoms with Gasteiger partial charge in [0.1, 0.15) is 4.83 Å². The van der Waals surface area contributed by atoms with Gasteiger partial charge in [-0.25, -0.2) is 0 Å². The molecule has 1 aromatic heterocycles. The summed E-state index contributed by atoms with van der Waals surface area (Å²) in [4.78, 5) is 13.2. The molecule has 0 spiro atoms. The normalized spacial score (nSPS) is 12.2. The van der Waals surface area contributed by atoms with E-state index in [1.165, 1.54) is 0 Å². The Morgan fingerprint density at radius 3 is 2.60 bits per heavy atom. The minimum atomic E-state index is -0.263. The summed E-state index contributed by atoms with van der Waals surface area (Å²) in [6.07, 6.45) is 1.97. The highest BCUT2D eigenvalue weighted by Crippen LogP contribution is 2.21. The van der Waals surface area contributed by atoms with Gasteiger partial charge >= 0.3 is 0 Å². The van der Waals surface area contributed by atoms with Crippen molar-refractivity contribution < 1.29 is 4.79 Å². The molecule has 1 unspecified atom stereocenters. The van der Waals surface area contributed by atoms with E-state index in [-0.39, 0.29) is 10.7 Å². The van der Waals surface area contributed by atoms with Crippen molar-refractivity contribution in [3.8, 4) is 11.3 Å². The lowest BCUT2D eigenvalue weighted by molar-refractivity contribution is -0.128. The van der Waals surface area contributed by atoms with E-state index < -0.39 is 0 Å². The smallest absolute Gasteiger partial charge is 0.237 e. The van der Waals surface area contributed by atoms with Crippen LogP contribution in [0.2, 0.25) is 0 Å². The van der Waals surface area contributed by atoms with Gasteiger partial charge in [0, 0.05) is 25.9 Å². The number of carbonyl (C=O) groups excluding carboxylic acids is 1. The molecule has 106 valence electrons. The van der Waals surface area contributed by atoms with E-state index in [0.29, 0.717) is 6.54 Å². The molecule has 0 radical (unpaired) electrons. The predicted molar refractivity (Wildman–Crippen MR) is 83.8 cm³/mol. The van der Waals surface area contributed by atoms with Crippen LogP contribution in [0.3, 0.4) is 0 Å². The lowest BCUT2D eigenvalue weighted by Gasteiger charge is -2.15. The van der Waals surface area contributed by atoms with Gasteiger partial charge in [-0.15, -0.1) is 0 Å². The van der Waals surface area contributed by atoms with Gasteiger partial charge in [0.2, 0.25) is 5.91 Å². The third kappa shape index (κ3) is 3.28. The number of aryl methyl sites for hydroxylation is 1. The second-order valence-electron chi connectivity index (χ2n) is 4.95. The van der Waals surface area contributed by atoms with Crippen LogP contribution in [0.25, 0.3) is 11.3 Å². The van der Waals surface area contributed by atoms with Crippen LogP contribution in [-0.2, 0) is 11.3 Å². The average molecular weight is 336 g/mol. The van der Waals surface area contributed by atoms with Crippen LogP contribution in [-0.4, -0.2) is 39.5 Å². The number of aromatic nitrogens is 2. The van der Waals surface area contributed by atoms with Gasteiger partial charge in [0.15, 0.2) is 0 Å². The van der Waals surface area contributed by atoms with E-state index in [2.05, 4.69) is 21.0 Å². The van der Waals surface area contributed by atoms with Crippen LogP contribution in [0.1, 0.15) is 5.56 Å². The molecule has 2 rings (SSSR count). The van der Waals surface area contributed by atoms with Gasteiger partial charge in [0.25, 0.3) is 0 Å². The van der Waals surface area contributed by atoms with Gasteiger partial charge in [-0.1, -0.05) is 46.3 Å². The Morgan fingerprint density at radius 1 is 1.35 bits per heavy atom. The Hall–Kier alpha value is -1.62. The Morgan fingerprint density at radius 2 is 2.00 bits per heavy atom. The molecule has 0 aliphatic heterocycles. The van der Waals surface area contributed by atoms with E-state index in [0.717, 1.165) is 16.8 Å². The maximum atomic E-state index is 11.8. The molecule has 1 aromatic carbocycles. The van der Waals surface area contributed by atoms with E-state index in [1.807, 2.05) is 48.1 Å². The summed E-state index contributed by atoms with van der Waals surface area (Å²) in [6, 6.07) is 10.1.